The van der Waals surface area contributed by atoms with Crippen LogP contribution in [0.3, 0.4) is 0 Å². The molecule has 2 N–H and O–H groups in total. The maximum atomic E-state index is 12.0. The molecule has 0 radical (unpaired) electrons. The molecule has 0 saturated carbocycles. The molecule has 0 fully saturated rings. The van der Waals surface area contributed by atoms with Gasteiger partial charge in [0, 0.05) is 12.6 Å². The second-order valence-corrected chi connectivity index (χ2v) is 5.35. The lowest BCUT2D eigenvalue weighted by molar-refractivity contribution is -0.134. The minimum Gasteiger partial charge on any atom is -0.335 e. The average molecular weight is 289 g/mol. The normalized spacial score (nSPS) is 12.6. The molecule has 0 heterocycles. The molecule has 0 aliphatic rings. The molecule has 0 spiro atoms. The predicted octanol–water partition coefficient (Wildman–Crippen LogP) is 3.08. The van der Waals surface area contributed by atoms with Crippen LogP contribution in [0.1, 0.15) is 26.3 Å². The van der Waals surface area contributed by atoms with Crippen LogP contribution in [0.25, 0.3) is 0 Å². The molecule has 1 aromatic rings. The maximum Gasteiger partial charge on any atom is 0.239 e. The predicted molar refractivity (Wildman–Crippen MR) is 75.8 cm³/mol. The highest BCUT2D eigenvalue weighted by atomic mass is 35.5. The number of benzene rings is 1. The summed E-state index contributed by atoms with van der Waals surface area (Å²) in [6.07, 6.45) is 0. The lowest BCUT2D eigenvalue weighted by atomic mass is 10.1. The molecule has 1 amide bonds. The van der Waals surface area contributed by atoms with Crippen molar-refractivity contribution in [3.8, 4) is 0 Å². The van der Waals surface area contributed by atoms with Gasteiger partial charge in [0.1, 0.15) is 0 Å². The molecule has 0 aliphatic heterocycles. The fourth-order valence-corrected chi connectivity index (χ4v) is 2.01. The van der Waals surface area contributed by atoms with Gasteiger partial charge in [-0.3, -0.25) is 4.79 Å². The zero-order valence-corrected chi connectivity index (χ0v) is 12.3. The molecular formula is C13H18Cl2N2O. The number of carbonyl (C=O) groups excluding carboxylic acids is 1. The number of hydrogen-bond donors (Lipinski definition) is 1. The van der Waals surface area contributed by atoms with Gasteiger partial charge in [-0.1, -0.05) is 35.3 Å². The monoisotopic (exact) mass is 288 g/mol. The number of carbonyl (C=O) groups is 1. The summed E-state index contributed by atoms with van der Waals surface area (Å²) in [4.78, 5) is 13.7. The van der Waals surface area contributed by atoms with Crippen LogP contribution < -0.4 is 5.73 Å². The van der Waals surface area contributed by atoms with Gasteiger partial charge < -0.3 is 10.6 Å². The summed E-state index contributed by atoms with van der Waals surface area (Å²) in [7, 11) is 0. The Labute approximate surface area is 118 Å². The third kappa shape index (κ3) is 3.61. The van der Waals surface area contributed by atoms with Gasteiger partial charge in [-0.15, -0.1) is 0 Å². The lowest BCUT2D eigenvalue weighted by Crippen LogP contribution is -2.45. The van der Waals surface area contributed by atoms with Crippen molar-refractivity contribution in [3.63, 3.8) is 0 Å². The number of hydrogen-bond acceptors (Lipinski definition) is 2. The molecule has 1 atom stereocenters. The number of rotatable bonds is 4. The Balaban J connectivity index is 2.97. The summed E-state index contributed by atoms with van der Waals surface area (Å²) in [5, 5.41) is 0.980. The van der Waals surface area contributed by atoms with E-state index in [9.17, 15) is 4.79 Å². The van der Waals surface area contributed by atoms with Gasteiger partial charge in [-0.25, -0.2) is 0 Å². The molecule has 0 unspecified atom stereocenters. The topological polar surface area (TPSA) is 46.3 Å². The van der Waals surface area contributed by atoms with Crippen LogP contribution in [0.15, 0.2) is 18.2 Å². The molecule has 3 nitrogen and oxygen atoms in total. The van der Waals surface area contributed by atoms with Crippen LogP contribution in [0.5, 0.6) is 0 Å². The first kappa shape index (κ1) is 15.3. The molecule has 1 aromatic carbocycles. The Morgan fingerprint density at radius 2 is 1.94 bits per heavy atom. The van der Waals surface area contributed by atoms with Crippen LogP contribution in [0, 0.1) is 0 Å². The van der Waals surface area contributed by atoms with Crippen molar-refractivity contribution in [2.45, 2.75) is 39.4 Å². The van der Waals surface area contributed by atoms with Crippen LogP contribution in [0.2, 0.25) is 10.0 Å². The third-order valence-electron chi connectivity index (χ3n) is 2.67. The summed E-state index contributed by atoms with van der Waals surface area (Å²) in [5.41, 5.74) is 6.47. The van der Waals surface area contributed by atoms with Gasteiger partial charge in [0.15, 0.2) is 0 Å². The van der Waals surface area contributed by atoms with Crippen molar-refractivity contribution in [1.82, 2.24) is 4.90 Å². The van der Waals surface area contributed by atoms with E-state index in [-0.39, 0.29) is 11.9 Å². The fourth-order valence-electron chi connectivity index (χ4n) is 1.63. The summed E-state index contributed by atoms with van der Waals surface area (Å²) in [6, 6.07) is 4.93. The van der Waals surface area contributed by atoms with Crippen molar-refractivity contribution in [2.24, 2.45) is 5.73 Å². The van der Waals surface area contributed by atoms with Gasteiger partial charge in [0.2, 0.25) is 5.91 Å². The summed E-state index contributed by atoms with van der Waals surface area (Å²) >= 11 is 12.1. The van der Waals surface area contributed by atoms with Crippen molar-refractivity contribution in [1.29, 1.82) is 0 Å². The Hall–Kier alpha value is -0.770. The second kappa shape index (κ2) is 6.41. The summed E-state index contributed by atoms with van der Waals surface area (Å²) in [6.45, 7) is 5.98. The van der Waals surface area contributed by atoms with Gasteiger partial charge in [-0.2, -0.15) is 0 Å². The van der Waals surface area contributed by atoms with Gasteiger partial charge >= 0.3 is 0 Å². The Bertz CT molecular complexity index is 433. The molecule has 0 aliphatic carbocycles. The largest absolute Gasteiger partial charge is 0.335 e. The quantitative estimate of drug-likeness (QED) is 0.926. The number of halogens is 2. The minimum atomic E-state index is -0.523. The zero-order valence-electron chi connectivity index (χ0n) is 10.8. The first-order valence-corrected chi connectivity index (χ1v) is 6.59. The Kier molecular flexibility index (Phi) is 5.45. The Morgan fingerprint density at radius 3 is 2.44 bits per heavy atom. The molecule has 0 bridgehead atoms. The van der Waals surface area contributed by atoms with Crippen LogP contribution in [-0.4, -0.2) is 22.9 Å². The fraction of sp³-hybridized carbons (Fsp3) is 0.462. The molecular weight excluding hydrogens is 271 g/mol. The van der Waals surface area contributed by atoms with E-state index in [4.69, 9.17) is 28.9 Å². The van der Waals surface area contributed by atoms with Crippen molar-refractivity contribution in [2.75, 3.05) is 0 Å². The standard InChI is InChI=1S/C13H18Cl2N2O/c1-8(2)17(13(18)9(3)16)7-10-5-4-6-11(14)12(10)15/h4-6,8-9H,7,16H2,1-3H3/t9-/m0/s1. The van der Waals surface area contributed by atoms with E-state index in [2.05, 4.69) is 0 Å². The molecule has 0 aromatic heterocycles. The first-order chi connectivity index (χ1) is 8.34. The molecule has 100 valence electrons. The average Bonchev–Trinajstić information content (AvgIpc) is 2.29. The van der Waals surface area contributed by atoms with E-state index in [1.165, 1.54) is 0 Å². The third-order valence-corrected chi connectivity index (χ3v) is 3.53. The van der Waals surface area contributed by atoms with E-state index in [1.54, 1.807) is 17.9 Å². The SMILES string of the molecule is CC(C)N(Cc1cccc(Cl)c1Cl)C(=O)[C@H](C)N. The van der Waals surface area contributed by atoms with Crippen LogP contribution in [-0.2, 0) is 11.3 Å². The van der Waals surface area contributed by atoms with Gasteiger partial charge in [-0.05, 0) is 32.4 Å². The van der Waals surface area contributed by atoms with E-state index in [0.717, 1.165) is 5.56 Å². The van der Waals surface area contributed by atoms with Crippen LogP contribution >= 0.6 is 23.2 Å². The lowest BCUT2D eigenvalue weighted by Gasteiger charge is -2.29. The minimum absolute atomic E-state index is 0.0542. The maximum absolute atomic E-state index is 12.0. The smallest absolute Gasteiger partial charge is 0.239 e. The molecule has 1 rings (SSSR count). The number of nitrogens with two attached hydrogens (primary N) is 1. The summed E-state index contributed by atoms with van der Waals surface area (Å²) < 4.78 is 0. The highest BCUT2D eigenvalue weighted by molar-refractivity contribution is 6.42. The zero-order chi connectivity index (χ0) is 13.9. The highest BCUT2D eigenvalue weighted by Crippen LogP contribution is 2.27. The van der Waals surface area contributed by atoms with E-state index in [0.29, 0.717) is 16.6 Å². The van der Waals surface area contributed by atoms with Crippen LogP contribution in [0.4, 0.5) is 0 Å². The molecule has 5 heteroatoms. The van der Waals surface area contributed by atoms with Gasteiger partial charge in [0.05, 0.1) is 16.1 Å². The van der Waals surface area contributed by atoms with E-state index >= 15 is 0 Å². The summed E-state index contributed by atoms with van der Waals surface area (Å²) in [5.74, 6) is -0.0963. The molecule has 18 heavy (non-hydrogen) atoms. The number of nitrogens with zero attached hydrogens (tertiary/aromatic N) is 1. The van der Waals surface area contributed by atoms with Crippen molar-refractivity contribution < 1.29 is 4.79 Å². The Morgan fingerprint density at radius 1 is 1.33 bits per heavy atom. The highest BCUT2D eigenvalue weighted by Gasteiger charge is 2.21. The molecule has 0 saturated heterocycles. The van der Waals surface area contributed by atoms with E-state index < -0.39 is 6.04 Å². The van der Waals surface area contributed by atoms with E-state index in [1.807, 2.05) is 26.0 Å². The van der Waals surface area contributed by atoms with Gasteiger partial charge in [0.25, 0.3) is 0 Å². The second-order valence-electron chi connectivity index (χ2n) is 4.56. The number of amides is 1. The van der Waals surface area contributed by atoms with Crippen molar-refractivity contribution >= 4 is 29.1 Å². The first-order valence-electron chi connectivity index (χ1n) is 5.83. The van der Waals surface area contributed by atoms with Crippen molar-refractivity contribution in [3.05, 3.63) is 33.8 Å².